The van der Waals surface area contributed by atoms with Gasteiger partial charge in [0.25, 0.3) is 0 Å². The van der Waals surface area contributed by atoms with Crippen molar-refractivity contribution >= 4 is 34.9 Å². The number of nitrogen functional groups attached to an aromatic ring is 1. The first-order chi connectivity index (χ1) is 14.3. The molecule has 1 fully saturated rings. The molecule has 30 heavy (non-hydrogen) atoms. The van der Waals surface area contributed by atoms with Crippen molar-refractivity contribution in [2.24, 2.45) is 5.73 Å². The van der Waals surface area contributed by atoms with E-state index in [0.717, 1.165) is 37.2 Å². The monoisotopic (exact) mass is 436 g/mol. The van der Waals surface area contributed by atoms with Crippen LogP contribution in [0, 0.1) is 5.41 Å². The fraction of sp³-hybridized carbons (Fsp3) is 0.600. The number of carbonyl (C=O) groups is 3. The van der Waals surface area contributed by atoms with Gasteiger partial charge in [-0.05, 0) is 58.9 Å². The molecule has 0 radical (unpaired) electrons. The zero-order valence-electron chi connectivity index (χ0n) is 17.6. The van der Waals surface area contributed by atoms with E-state index in [-0.39, 0.29) is 30.1 Å². The summed E-state index contributed by atoms with van der Waals surface area (Å²) in [5, 5.41) is 17.5. The summed E-state index contributed by atoms with van der Waals surface area (Å²) in [5.41, 5.74) is 6.09. The molecule has 0 saturated carbocycles. The van der Waals surface area contributed by atoms with Crippen molar-refractivity contribution in [2.75, 3.05) is 27.2 Å². The van der Waals surface area contributed by atoms with Crippen LogP contribution in [0.15, 0.2) is 11.4 Å². The summed E-state index contributed by atoms with van der Waals surface area (Å²) >= 11 is 1.36. The second-order valence-corrected chi connectivity index (χ2v) is 8.80. The molecule has 166 valence electrons. The third kappa shape index (κ3) is 7.85. The molecular weight excluding hydrogens is 404 g/mol. The highest BCUT2D eigenvalue weighted by atomic mass is 32.1. The Labute approximate surface area is 181 Å². The number of hydrogen-bond donors (Lipinski definition) is 5. The summed E-state index contributed by atoms with van der Waals surface area (Å²) < 4.78 is 0. The van der Waals surface area contributed by atoms with Crippen molar-refractivity contribution in [3.63, 3.8) is 0 Å². The van der Waals surface area contributed by atoms with Gasteiger partial charge in [0.15, 0.2) is 0 Å². The number of nitrogens with zero attached hydrogens (tertiary/aromatic N) is 1. The van der Waals surface area contributed by atoms with Gasteiger partial charge in [-0.3, -0.25) is 25.1 Å². The molecule has 2 heterocycles. The maximum Gasteiger partial charge on any atom is 0.249 e. The van der Waals surface area contributed by atoms with Gasteiger partial charge in [-0.1, -0.05) is 0 Å². The van der Waals surface area contributed by atoms with Gasteiger partial charge in [0, 0.05) is 28.7 Å². The maximum atomic E-state index is 12.8. The average molecular weight is 437 g/mol. The Morgan fingerprint density at radius 3 is 2.73 bits per heavy atom. The fourth-order valence-corrected chi connectivity index (χ4v) is 4.15. The number of nitrogens with two attached hydrogens (primary N) is 1. The highest BCUT2D eigenvalue weighted by Crippen LogP contribution is 2.17. The lowest BCUT2D eigenvalue weighted by molar-refractivity contribution is -0.134. The average Bonchev–Trinajstić information content (AvgIpc) is 3.36. The van der Waals surface area contributed by atoms with Gasteiger partial charge in [-0.15, -0.1) is 11.3 Å². The topological polar surface area (TPSA) is 140 Å². The number of unbranched alkanes of at least 4 members (excludes halogenated alkanes) is 1. The maximum absolute atomic E-state index is 12.8. The van der Waals surface area contributed by atoms with E-state index in [1.54, 1.807) is 11.4 Å². The number of hydrogen-bond acceptors (Lipinski definition) is 7. The zero-order valence-corrected chi connectivity index (χ0v) is 18.4. The van der Waals surface area contributed by atoms with Crippen LogP contribution in [-0.4, -0.2) is 67.7 Å². The van der Waals surface area contributed by atoms with Gasteiger partial charge in [0.2, 0.25) is 17.7 Å². The Balaban J connectivity index is 1.98. The lowest BCUT2D eigenvalue weighted by Crippen LogP contribution is -2.52. The summed E-state index contributed by atoms with van der Waals surface area (Å²) in [6.07, 6.45) is 3.74. The van der Waals surface area contributed by atoms with E-state index in [1.807, 2.05) is 14.1 Å². The van der Waals surface area contributed by atoms with Crippen LogP contribution in [0.5, 0.6) is 0 Å². The molecule has 3 amide bonds. The molecule has 2 rings (SSSR count). The van der Waals surface area contributed by atoms with Crippen LogP contribution in [-0.2, 0) is 20.8 Å². The van der Waals surface area contributed by atoms with Crippen molar-refractivity contribution in [3.05, 3.63) is 21.9 Å². The first kappa shape index (κ1) is 24.0. The third-order valence-corrected chi connectivity index (χ3v) is 5.86. The Morgan fingerprint density at radius 2 is 2.13 bits per heavy atom. The van der Waals surface area contributed by atoms with Gasteiger partial charge < -0.3 is 21.3 Å². The molecule has 1 saturated heterocycles. The van der Waals surface area contributed by atoms with Crippen LogP contribution in [0.4, 0.5) is 0 Å². The van der Waals surface area contributed by atoms with E-state index in [9.17, 15) is 14.4 Å². The smallest absolute Gasteiger partial charge is 0.249 e. The van der Waals surface area contributed by atoms with Crippen LogP contribution in [0.25, 0.3) is 0 Å². The summed E-state index contributed by atoms with van der Waals surface area (Å²) in [6.45, 7) is 1.64. The van der Waals surface area contributed by atoms with Gasteiger partial charge in [-0.2, -0.15) is 0 Å². The second kappa shape index (κ2) is 11.8. The molecule has 1 aliphatic rings. The zero-order chi connectivity index (χ0) is 22.1. The first-order valence-corrected chi connectivity index (χ1v) is 11.1. The molecule has 1 aromatic heterocycles. The van der Waals surface area contributed by atoms with Crippen LogP contribution in [0.2, 0.25) is 0 Å². The lowest BCUT2D eigenvalue weighted by atomic mass is 10.1. The van der Waals surface area contributed by atoms with E-state index in [2.05, 4.69) is 20.9 Å². The van der Waals surface area contributed by atoms with Crippen molar-refractivity contribution in [3.8, 4) is 0 Å². The third-order valence-electron chi connectivity index (χ3n) is 4.90. The molecule has 0 spiro atoms. The molecule has 1 aromatic rings. The van der Waals surface area contributed by atoms with Gasteiger partial charge >= 0.3 is 0 Å². The number of rotatable bonds is 11. The first-order valence-electron chi connectivity index (χ1n) is 10.2. The Kier molecular flexibility index (Phi) is 9.41. The Bertz CT molecular complexity index is 757. The number of imide groups is 1. The number of nitrogens with one attached hydrogen (secondary N) is 4. The quantitative estimate of drug-likeness (QED) is 0.190. The summed E-state index contributed by atoms with van der Waals surface area (Å²) in [4.78, 5) is 40.3. The number of amides is 3. The molecule has 9 nitrogen and oxygen atoms in total. The molecular formula is C20H32N6O3S. The lowest BCUT2D eigenvalue weighted by Gasteiger charge is -2.19. The summed E-state index contributed by atoms with van der Waals surface area (Å²) in [6, 6.07) is 0.495. The SMILES string of the molecule is CN(C)CCCCC(=O)N[C@@H](Cc1cc(C(=N)N)cs1)C(=O)NC(=O)[C@@H]1CCCN1. The number of amidine groups is 1. The molecule has 1 aliphatic heterocycles. The highest BCUT2D eigenvalue weighted by Gasteiger charge is 2.28. The largest absolute Gasteiger partial charge is 0.384 e. The second-order valence-electron chi connectivity index (χ2n) is 7.80. The predicted octanol–water partition coefficient (Wildman–Crippen LogP) is 0.186. The Morgan fingerprint density at radius 1 is 1.37 bits per heavy atom. The molecule has 0 bridgehead atoms. The minimum atomic E-state index is -0.866. The fourth-order valence-electron chi connectivity index (χ4n) is 3.22. The van der Waals surface area contributed by atoms with Crippen molar-refractivity contribution in [1.82, 2.24) is 20.9 Å². The highest BCUT2D eigenvalue weighted by molar-refractivity contribution is 7.10. The van der Waals surface area contributed by atoms with Crippen molar-refractivity contribution in [2.45, 2.75) is 50.6 Å². The molecule has 0 aromatic carbocycles. The van der Waals surface area contributed by atoms with Crippen LogP contribution in [0.3, 0.4) is 0 Å². The normalized spacial score (nSPS) is 17.0. The van der Waals surface area contributed by atoms with Crippen LogP contribution >= 0.6 is 11.3 Å². The molecule has 6 N–H and O–H groups in total. The van der Waals surface area contributed by atoms with Crippen LogP contribution in [0.1, 0.15) is 42.5 Å². The van der Waals surface area contributed by atoms with E-state index >= 15 is 0 Å². The van der Waals surface area contributed by atoms with Crippen molar-refractivity contribution < 1.29 is 14.4 Å². The summed E-state index contributed by atoms with van der Waals surface area (Å²) in [7, 11) is 3.96. The molecule has 0 aliphatic carbocycles. The Hall–Kier alpha value is -2.30. The van der Waals surface area contributed by atoms with Crippen molar-refractivity contribution in [1.29, 1.82) is 5.41 Å². The standard InChI is InChI=1S/C20H32N6O3S/c1-26(2)9-4-3-7-17(27)24-16(11-14-10-13(12-30-14)18(21)22)20(29)25-19(28)15-6-5-8-23-15/h10,12,15-16,23H,3-9,11H2,1-2H3,(H3,21,22)(H,24,27)(H,25,28,29)/t15-,16-/m0/s1. The summed E-state index contributed by atoms with van der Waals surface area (Å²) in [5.74, 6) is -1.15. The van der Waals surface area contributed by atoms with Gasteiger partial charge in [0.1, 0.15) is 11.9 Å². The van der Waals surface area contributed by atoms with E-state index in [0.29, 0.717) is 18.4 Å². The minimum Gasteiger partial charge on any atom is -0.384 e. The predicted molar refractivity (Wildman–Crippen MR) is 118 cm³/mol. The van der Waals surface area contributed by atoms with E-state index in [4.69, 9.17) is 11.1 Å². The minimum absolute atomic E-state index is 0.0501. The molecule has 0 unspecified atom stereocenters. The van der Waals surface area contributed by atoms with Gasteiger partial charge in [-0.25, -0.2) is 0 Å². The van der Waals surface area contributed by atoms with E-state index in [1.165, 1.54) is 11.3 Å². The molecule has 2 atom stereocenters. The number of thiophene rings is 1. The molecule has 10 heteroatoms. The number of carbonyl (C=O) groups excluding carboxylic acids is 3. The van der Waals surface area contributed by atoms with Crippen LogP contribution < -0.4 is 21.7 Å². The van der Waals surface area contributed by atoms with E-state index < -0.39 is 11.9 Å². The van der Waals surface area contributed by atoms with Gasteiger partial charge in [0.05, 0.1) is 6.04 Å².